The van der Waals surface area contributed by atoms with E-state index in [2.05, 4.69) is 11.1 Å². The van der Waals surface area contributed by atoms with E-state index in [0.29, 0.717) is 24.6 Å². The minimum Gasteiger partial charge on any atom is -0.384 e. The summed E-state index contributed by atoms with van der Waals surface area (Å²) in [5.74, 6) is 0.301. The fraction of sp³-hybridized carbons (Fsp3) is 0.269. The molecular weight excluding hydrogens is 417 g/mol. The maximum absolute atomic E-state index is 13.7. The predicted octanol–water partition coefficient (Wildman–Crippen LogP) is 4.68. The summed E-state index contributed by atoms with van der Waals surface area (Å²) < 4.78 is 15.5. The van der Waals surface area contributed by atoms with Gasteiger partial charge in [-0.25, -0.2) is 9.37 Å². The number of carbonyl (C=O) groups excluding carboxylic acids is 1. The van der Waals surface area contributed by atoms with Gasteiger partial charge in [-0.1, -0.05) is 0 Å². The molecule has 0 spiro atoms. The third-order valence-electron chi connectivity index (χ3n) is 6.44. The first-order valence-electron chi connectivity index (χ1n) is 11.1. The topological polar surface area (TPSA) is 77.0 Å². The molecule has 1 aliphatic heterocycles. The van der Waals surface area contributed by atoms with Crippen LogP contribution in [0.15, 0.2) is 54.7 Å². The number of carbonyl (C=O) groups is 1. The van der Waals surface area contributed by atoms with Crippen LogP contribution in [0.1, 0.15) is 40.6 Å². The van der Waals surface area contributed by atoms with Crippen molar-refractivity contribution in [2.45, 2.75) is 25.7 Å². The number of fused-ring (bicyclic) bond motifs is 1. The molecule has 1 saturated heterocycles. The normalized spacial score (nSPS) is 16.3. The highest BCUT2D eigenvalue weighted by Gasteiger charge is 2.28. The van der Waals surface area contributed by atoms with Crippen molar-refractivity contribution in [3.63, 3.8) is 0 Å². The second kappa shape index (κ2) is 8.31. The molecule has 4 heterocycles. The van der Waals surface area contributed by atoms with Gasteiger partial charge in [0.2, 0.25) is 0 Å². The van der Waals surface area contributed by atoms with E-state index in [-0.39, 0.29) is 17.6 Å². The summed E-state index contributed by atoms with van der Waals surface area (Å²) >= 11 is 0. The summed E-state index contributed by atoms with van der Waals surface area (Å²) in [4.78, 5) is 24.3. The Morgan fingerprint density at radius 3 is 2.76 bits per heavy atom. The molecule has 0 aliphatic carbocycles. The molecule has 168 valence electrons. The molecule has 1 aromatic carbocycles. The van der Waals surface area contributed by atoms with Gasteiger partial charge in [0.15, 0.2) is 0 Å². The lowest BCUT2D eigenvalue weighted by Gasteiger charge is -2.33. The van der Waals surface area contributed by atoms with Crippen LogP contribution in [0.5, 0.6) is 0 Å². The second-order valence-corrected chi connectivity index (χ2v) is 8.78. The molecule has 6 nitrogen and oxygen atoms in total. The van der Waals surface area contributed by atoms with Crippen molar-refractivity contribution >= 4 is 22.6 Å². The zero-order valence-electron chi connectivity index (χ0n) is 18.8. The van der Waals surface area contributed by atoms with E-state index in [0.717, 1.165) is 46.3 Å². The Balaban J connectivity index is 1.42. The summed E-state index contributed by atoms with van der Waals surface area (Å²) in [5, 5.41) is 0.733. The van der Waals surface area contributed by atoms with Crippen LogP contribution in [0, 0.1) is 12.7 Å². The van der Waals surface area contributed by atoms with Gasteiger partial charge >= 0.3 is 0 Å². The van der Waals surface area contributed by atoms with Crippen LogP contribution in [0.2, 0.25) is 0 Å². The molecule has 1 amide bonds. The van der Waals surface area contributed by atoms with E-state index in [1.165, 1.54) is 12.1 Å². The van der Waals surface area contributed by atoms with Gasteiger partial charge in [-0.05, 0) is 73.9 Å². The first-order valence-corrected chi connectivity index (χ1v) is 11.1. The number of piperidine rings is 1. The summed E-state index contributed by atoms with van der Waals surface area (Å²) in [6.07, 6.45) is 3.65. The maximum atomic E-state index is 13.7. The Bertz CT molecular complexity index is 1350. The van der Waals surface area contributed by atoms with Crippen LogP contribution in [-0.4, -0.2) is 38.4 Å². The Morgan fingerprint density at radius 1 is 1.12 bits per heavy atom. The highest BCUT2D eigenvalue weighted by atomic mass is 19.1. The average Bonchev–Trinajstić information content (AvgIpc) is 3.14. The summed E-state index contributed by atoms with van der Waals surface area (Å²) in [5.41, 5.74) is 11.1. The smallest absolute Gasteiger partial charge is 0.270 e. The summed E-state index contributed by atoms with van der Waals surface area (Å²) in [7, 11) is 1.85. The van der Waals surface area contributed by atoms with Crippen molar-refractivity contribution in [3.8, 4) is 11.1 Å². The van der Waals surface area contributed by atoms with E-state index in [1.54, 1.807) is 24.4 Å². The van der Waals surface area contributed by atoms with Crippen molar-refractivity contribution in [3.05, 3.63) is 77.6 Å². The lowest BCUT2D eigenvalue weighted by Crippen LogP contribution is -2.40. The summed E-state index contributed by atoms with van der Waals surface area (Å²) in [6.45, 7) is 3.29. The third kappa shape index (κ3) is 4.06. The molecule has 0 unspecified atom stereocenters. The number of likely N-dealkylation sites (tertiary alicyclic amines) is 1. The lowest BCUT2D eigenvalue weighted by atomic mass is 9.92. The molecule has 5 rings (SSSR count). The molecule has 1 aliphatic rings. The average molecular weight is 444 g/mol. The number of hydrogen-bond acceptors (Lipinski definition) is 4. The van der Waals surface area contributed by atoms with E-state index < -0.39 is 0 Å². The molecule has 3 aromatic heterocycles. The van der Waals surface area contributed by atoms with Gasteiger partial charge in [-0.2, -0.15) is 0 Å². The number of anilines is 1. The molecule has 33 heavy (non-hydrogen) atoms. The molecule has 2 N–H and O–H groups in total. The van der Waals surface area contributed by atoms with Gasteiger partial charge < -0.3 is 15.2 Å². The Hall–Kier alpha value is -3.74. The lowest BCUT2D eigenvalue weighted by molar-refractivity contribution is 0.0696. The van der Waals surface area contributed by atoms with Crippen LogP contribution in [0.4, 0.5) is 10.2 Å². The third-order valence-corrected chi connectivity index (χ3v) is 6.44. The van der Waals surface area contributed by atoms with Crippen molar-refractivity contribution in [1.29, 1.82) is 0 Å². The second-order valence-electron chi connectivity index (χ2n) is 8.78. The van der Waals surface area contributed by atoms with Gasteiger partial charge in [0.1, 0.15) is 17.3 Å². The highest BCUT2D eigenvalue weighted by Crippen LogP contribution is 2.31. The standard InChI is InChI=1S/C26H26FN5O/c1-16-10-19(17-5-8-25(28)29-14-17)12-22(30-16)18-4-3-9-32(15-18)26(33)24-13-20-11-21(27)6-7-23(20)31(24)2/h5-8,10-14,18H,3-4,9,15H2,1-2H3,(H2,28,29)/t18-/m0/s1. The number of pyridine rings is 2. The van der Waals surface area contributed by atoms with Crippen LogP contribution in [0.25, 0.3) is 22.0 Å². The predicted molar refractivity (Wildman–Crippen MR) is 127 cm³/mol. The Kier molecular flexibility index (Phi) is 5.32. The van der Waals surface area contributed by atoms with Crippen molar-refractivity contribution < 1.29 is 9.18 Å². The number of aromatic nitrogens is 3. The Morgan fingerprint density at radius 2 is 1.97 bits per heavy atom. The fourth-order valence-corrected chi connectivity index (χ4v) is 4.74. The molecular formula is C26H26FN5O. The monoisotopic (exact) mass is 443 g/mol. The summed E-state index contributed by atoms with van der Waals surface area (Å²) in [6, 6.07) is 14.3. The van der Waals surface area contributed by atoms with Gasteiger partial charge in [-0.15, -0.1) is 0 Å². The largest absolute Gasteiger partial charge is 0.384 e. The van der Waals surface area contributed by atoms with Crippen LogP contribution < -0.4 is 5.73 Å². The Labute approximate surface area is 191 Å². The number of nitrogens with zero attached hydrogens (tertiary/aromatic N) is 4. The number of halogens is 1. The van der Waals surface area contributed by atoms with E-state index >= 15 is 0 Å². The number of amides is 1. The van der Waals surface area contributed by atoms with Crippen molar-refractivity contribution in [2.75, 3.05) is 18.8 Å². The quantitative estimate of drug-likeness (QED) is 0.499. The fourth-order valence-electron chi connectivity index (χ4n) is 4.74. The number of nitrogens with two attached hydrogens (primary N) is 1. The van der Waals surface area contributed by atoms with Gasteiger partial charge in [0, 0.05) is 60.1 Å². The SMILES string of the molecule is Cc1cc(-c2ccc(N)nc2)cc([C@H]2CCCN(C(=O)c3cc4cc(F)ccc4n3C)C2)n1. The molecule has 0 bridgehead atoms. The van der Waals surface area contributed by atoms with E-state index in [4.69, 9.17) is 10.7 Å². The molecule has 1 fully saturated rings. The highest BCUT2D eigenvalue weighted by molar-refractivity contribution is 5.98. The number of hydrogen-bond donors (Lipinski definition) is 1. The molecule has 7 heteroatoms. The van der Waals surface area contributed by atoms with Gasteiger partial charge in [-0.3, -0.25) is 9.78 Å². The van der Waals surface area contributed by atoms with Crippen LogP contribution >= 0.6 is 0 Å². The van der Waals surface area contributed by atoms with Crippen molar-refractivity contribution in [2.24, 2.45) is 7.05 Å². The minimum atomic E-state index is -0.303. The number of aryl methyl sites for hydroxylation is 2. The van der Waals surface area contributed by atoms with Gasteiger partial charge in [0.05, 0.1) is 0 Å². The number of rotatable bonds is 3. The maximum Gasteiger partial charge on any atom is 0.270 e. The molecule has 1 atom stereocenters. The molecule has 0 radical (unpaired) electrons. The number of nitrogen functional groups attached to an aromatic ring is 1. The van der Waals surface area contributed by atoms with Crippen LogP contribution in [-0.2, 0) is 7.05 Å². The zero-order valence-corrected chi connectivity index (χ0v) is 18.8. The zero-order chi connectivity index (χ0) is 23.1. The van der Waals surface area contributed by atoms with Gasteiger partial charge in [0.25, 0.3) is 5.91 Å². The minimum absolute atomic E-state index is 0.0329. The van der Waals surface area contributed by atoms with Crippen molar-refractivity contribution in [1.82, 2.24) is 19.4 Å². The molecule has 4 aromatic rings. The van der Waals surface area contributed by atoms with E-state index in [1.807, 2.05) is 35.6 Å². The van der Waals surface area contributed by atoms with Crippen LogP contribution in [0.3, 0.4) is 0 Å². The first-order chi connectivity index (χ1) is 15.9. The number of benzene rings is 1. The first kappa shape index (κ1) is 21.1. The molecule has 0 saturated carbocycles. The van der Waals surface area contributed by atoms with E-state index in [9.17, 15) is 9.18 Å².